The summed E-state index contributed by atoms with van der Waals surface area (Å²) >= 11 is 0. The van der Waals surface area contributed by atoms with Crippen LogP contribution in [0.3, 0.4) is 0 Å². The van der Waals surface area contributed by atoms with Crippen molar-refractivity contribution in [3.05, 3.63) is 0 Å². The predicted octanol–water partition coefficient (Wildman–Crippen LogP) is 39.2. The maximum absolute atomic E-state index is 12.1. The van der Waals surface area contributed by atoms with Crippen molar-refractivity contribution in [1.29, 1.82) is 0 Å². The minimum atomic E-state index is -3.62. The molecule has 0 aliphatic rings. The molecule has 0 aromatic rings. The Bertz CT molecular complexity index is 1750. The van der Waals surface area contributed by atoms with Crippen LogP contribution in [0, 0.1) is 0 Å². The Kier molecular flexibility index (Phi) is 120. The van der Waals surface area contributed by atoms with Crippen molar-refractivity contribution in [2.45, 2.75) is 658 Å². The van der Waals surface area contributed by atoms with Gasteiger partial charge in [-0.15, -0.1) is 0 Å². The molecule has 0 aromatic heterocycles. The Balaban J connectivity index is -0.000000845. The van der Waals surface area contributed by atoms with Crippen molar-refractivity contribution >= 4 is 22.8 Å². The topological polar surface area (TPSA) is 148 Å². The van der Waals surface area contributed by atoms with E-state index in [2.05, 4.69) is 41.5 Å². The molecule has 121 heavy (non-hydrogen) atoms. The summed E-state index contributed by atoms with van der Waals surface area (Å²) in [6.45, 7) is 14.9. The Hall–Kier alpha value is 0.956. The van der Waals surface area contributed by atoms with Gasteiger partial charge in [0.05, 0.1) is 19.8 Å². The first-order valence-corrected chi connectivity index (χ1v) is 60.9. The van der Waals surface area contributed by atoms with E-state index in [0.29, 0.717) is 19.8 Å². The van der Waals surface area contributed by atoms with Gasteiger partial charge in [-0.25, -0.2) is 0 Å². The van der Waals surface area contributed by atoms with Crippen LogP contribution in [0.1, 0.15) is 658 Å². The SMILES string of the molecule is CCCCCCCCCCCCCCCCCCOP(=O)([O-])CCCCCCCCCCCCCCCCCC.CCCCCCCCCCCCCCCCCCOP(=O)([O-])CCCCCCCCCCCCCCCCCC.CCCCCCCCCCCCCCCCCCOP(=O)([O-])CCCCCCCCCCCCCCCCCC.[Co+3]. The summed E-state index contributed by atoms with van der Waals surface area (Å²) in [6.07, 6.45) is 127. The fraction of sp³-hybridized carbons (Fsp3) is 1.00. The maximum Gasteiger partial charge on any atom is 3.00 e. The fourth-order valence-electron chi connectivity index (χ4n) is 17.3. The molecule has 0 aromatic carbocycles. The van der Waals surface area contributed by atoms with Crippen molar-refractivity contribution in [2.24, 2.45) is 0 Å². The quantitative estimate of drug-likeness (QED) is 0.0429. The van der Waals surface area contributed by atoms with Gasteiger partial charge in [0.25, 0.3) is 0 Å². The fourth-order valence-corrected chi connectivity index (χ4v) is 20.8. The summed E-state index contributed by atoms with van der Waals surface area (Å²) in [6, 6.07) is 0. The van der Waals surface area contributed by atoms with Gasteiger partial charge in [-0.1, -0.05) is 619 Å². The molecule has 0 N–H and O–H groups in total. The number of unbranched alkanes of at least 4 members (excludes halogenated alkanes) is 90. The van der Waals surface area contributed by atoms with Gasteiger partial charge >= 0.3 is 16.8 Å². The van der Waals surface area contributed by atoms with E-state index in [1.165, 1.54) is 520 Å². The molecule has 0 aliphatic heterocycles. The molecule has 13 heteroatoms. The molecule has 732 valence electrons. The Morgan fingerprint density at radius 1 is 0.132 bits per heavy atom. The standard InChI is InChI=1S/3C36H75O3P.Co/c3*1-3-5-7-9-11-13-15-17-19-21-23-25-27-29-31-33-35-39-40(37,38)36-34-32-30-28-26-24-22-20-18-16-14-12-10-8-6-4-2;/h3*3-36H2,1-2H3,(H,37,38);/q;;;+3/p-3. The van der Waals surface area contributed by atoms with Crippen molar-refractivity contribution in [3.8, 4) is 0 Å². The molecule has 0 radical (unpaired) electrons. The van der Waals surface area contributed by atoms with Gasteiger partial charge in [-0.05, 0) is 38.5 Å². The number of hydrogen-bond donors (Lipinski definition) is 0. The minimum absolute atomic E-state index is 0. The van der Waals surface area contributed by atoms with Gasteiger partial charge in [0.15, 0.2) is 0 Å². The average molecular weight is 1820 g/mol. The molecule has 3 atom stereocenters. The zero-order valence-corrected chi connectivity index (χ0v) is 87.2. The predicted molar refractivity (Wildman–Crippen MR) is 533 cm³/mol. The van der Waals surface area contributed by atoms with E-state index < -0.39 is 22.8 Å². The molecule has 0 saturated heterocycles. The Labute approximate surface area is 772 Å². The van der Waals surface area contributed by atoms with Crippen LogP contribution in [0.2, 0.25) is 0 Å². The van der Waals surface area contributed by atoms with Crippen LogP contribution in [0.15, 0.2) is 0 Å². The average Bonchev–Trinajstić information content (AvgIpc) is 0.951. The van der Waals surface area contributed by atoms with Gasteiger partial charge < -0.3 is 41.9 Å². The van der Waals surface area contributed by atoms with Crippen LogP contribution < -0.4 is 14.7 Å². The van der Waals surface area contributed by atoms with Crippen molar-refractivity contribution < 1.29 is 58.7 Å². The van der Waals surface area contributed by atoms with E-state index >= 15 is 0 Å². The molecule has 9 nitrogen and oxygen atoms in total. The minimum Gasteiger partial charge on any atom is -0.778 e. The summed E-state index contributed by atoms with van der Waals surface area (Å²) in [4.78, 5) is 36.4. The van der Waals surface area contributed by atoms with Crippen LogP contribution in [0.4, 0.5) is 0 Å². The first-order chi connectivity index (χ1) is 58.9. The summed E-state index contributed by atoms with van der Waals surface area (Å²) in [7, 11) is -10.9. The molecule has 0 rings (SSSR count). The summed E-state index contributed by atoms with van der Waals surface area (Å²) in [5, 5.41) is 0. The maximum atomic E-state index is 12.1. The second kappa shape index (κ2) is 113. The van der Waals surface area contributed by atoms with Crippen LogP contribution in [0.5, 0.6) is 0 Å². The van der Waals surface area contributed by atoms with Crippen molar-refractivity contribution in [2.75, 3.05) is 38.3 Å². The zero-order chi connectivity index (χ0) is 87.7. The molecule has 0 heterocycles. The van der Waals surface area contributed by atoms with Crippen LogP contribution in [-0.4, -0.2) is 38.3 Å². The van der Waals surface area contributed by atoms with E-state index in [1.54, 1.807) is 0 Å². The Morgan fingerprint density at radius 2 is 0.207 bits per heavy atom. The molecule has 0 aliphatic carbocycles. The number of rotatable bonds is 105. The van der Waals surface area contributed by atoms with Crippen LogP contribution in [0.25, 0.3) is 0 Å². The third kappa shape index (κ3) is 123. The molecule has 0 fully saturated rings. The molecule has 0 bridgehead atoms. The van der Waals surface area contributed by atoms with Crippen molar-refractivity contribution in [3.63, 3.8) is 0 Å². The summed E-state index contributed by atoms with van der Waals surface area (Å²) in [5.41, 5.74) is 0. The van der Waals surface area contributed by atoms with Gasteiger partial charge in [0.1, 0.15) is 22.8 Å². The van der Waals surface area contributed by atoms with E-state index in [-0.39, 0.29) is 35.3 Å². The molecule has 0 saturated carbocycles. The first kappa shape index (κ1) is 128. The molecular weight excluding hydrogens is 1590 g/mol. The normalized spacial score (nSPS) is 13.1. The van der Waals surface area contributed by atoms with Gasteiger partial charge in [0, 0.05) is 18.5 Å². The van der Waals surface area contributed by atoms with E-state index in [1.807, 2.05) is 0 Å². The molecule has 3 unspecified atom stereocenters. The second-order valence-electron chi connectivity index (χ2n) is 38.3. The van der Waals surface area contributed by atoms with E-state index in [4.69, 9.17) is 13.6 Å². The molecular formula is C108H222CoO9P3. The smallest absolute Gasteiger partial charge is 0.778 e. The third-order valence-corrected chi connectivity index (χ3v) is 30.0. The van der Waals surface area contributed by atoms with E-state index in [0.717, 1.165) is 96.3 Å². The number of hydrogen-bond acceptors (Lipinski definition) is 9. The summed E-state index contributed by atoms with van der Waals surface area (Å²) < 4.78 is 52.3. The second-order valence-corrected chi connectivity index (χ2v) is 44.1. The van der Waals surface area contributed by atoms with Crippen LogP contribution in [-0.2, 0) is 44.0 Å². The van der Waals surface area contributed by atoms with Crippen LogP contribution >= 0.6 is 22.8 Å². The Morgan fingerprint density at radius 3 is 0.298 bits per heavy atom. The van der Waals surface area contributed by atoms with Crippen molar-refractivity contribution in [1.82, 2.24) is 0 Å². The summed E-state index contributed by atoms with van der Waals surface area (Å²) in [5.74, 6) is 0. The van der Waals surface area contributed by atoms with E-state index in [9.17, 15) is 28.4 Å². The third-order valence-electron chi connectivity index (χ3n) is 25.7. The molecule has 0 spiro atoms. The molecule has 0 amide bonds. The zero-order valence-electron chi connectivity index (χ0n) is 83.5. The monoisotopic (exact) mass is 1820 g/mol. The largest absolute Gasteiger partial charge is 3.00 e. The van der Waals surface area contributed by atoms with Gasteiger partial charge in [-0.2, -0.15) is 0 Å². The van der Waals surface area contributed by atoms with Gasteiger partial charge in [0.2, 0.25) is 0 Å². The van der Waals surface area contributed by atoms with Gasteiger partial charge in [-0.3, -0.25) is 0 Å². The first-order valence-electron chi connectivity index (χ1n) is 55.7.